The fraction of sp³-hybridized carbons (Fsp3) is 0.333. The summed E-state index contributed by atoms with van der Waals surface area (Å²) in [5.41, 5.74) is 4.93. The molecule has 34 heavy (non-hydrogen) atoms. The molecule has 1 amide bonds. The normalized spacial score (nSPS) is 15.4. The number of amides is 1. The van der Waals surface area contributed by atoms with E-state index in [1.54, 1.807) is 17.6 Å². The van der Waals surface area contributed by atoms with Gasteiger partial charge in [-0.2, -0.15) is 4.31 Å². The average Bonchev–Trinajstić information content (AvgIpc) is 3.34. The van der Waals surface area contributed by atoms with Crippen molar-refractivity contribution in [2.75, 3.05) is 31.1 Å². The summed E-state index contributed by atoms with van der Waals surface area (Å²) in [6.45, 7) is 8.08. The minimum absolute atomic E-state index is 0.0798. The zero-order valence-corrected chi connectivity index (χ0v) is 21.0. The van der Waals surface area contributed by atoms with E-state index in [4.69, 9.17) is 5.21 Å². The van der Waals surface area contributed by atoms with Crippen LogP contribution in [0.4, 0.5) is 5.13 Å². The van der Waals surface area contributed by atoms with Crippen molar-refractivity contribution < 1.29 is 18.4 Å². The summed E-state index contributed by atoms with van der Waals surface area (Å²) in [4.78, 5) is 18.2. The van der Waals surface area contributed by atoms with E-state index in [9.17, 15) is 13.2 Å². The summed E-state index contributed by atoms with van der Waals surface area (Å²) in [5.74, 6) is -0.612. The van der Waals surface area contributed by atoms with Gasteiger partial charge in [0.15, 0.2) is 5.13 Å². The summed E-state index contributed by atoms with van der Waals surface area (Å²) < 4.78 is 27.8. The smallest absolute Gasteiger partial charge is 0.286 e. The maximum absolute atomic E-state index is 13.2. The van der Waals surface area contributed by atoms with Crippen molar-refractivity contribution >= 4 is 32.4 Å². The van der Waals surface area contributed by atoms with E-state index in [1.165, 1.54) is 16.1 Å². The highest BCUT2D eigenvalue weighted by Crippen LogP contribution is 2.28. The molecule has 180 valence electrons. The molecule has 2 aromatic carbocycles. The fourth-order valence-corrected chi connectivity index (χ4v) is 6.10. The van der Waals surface area contributed by atoms with Crippen molar-refractivity contribution in [2.45, 2.75) is 31.1 Å². The lowest BCUT2D eigenvalue weighted by Crippen LogP contribution is -2.48. The number of rotatable bonds is 5. The molecular formula is C24H28N4O4S2. The number of aromatic nitrogens is 1. The zero-order chi connectivity index (χ0) is 24.5. The van der Waals surface area contributed by atoms with Gasteiger partial charge in [0.05, 0.1) is 11.1 Å². The molecule has 0 bridgehead atoms. The van der Waals surface area contributed by atoms with Crippen molar-refractivity contribution in [2.24, 2.45) is 0 Å². The van der Waals surface area contributed by atoms with Crippen molar-refractivity contribution in [3.8, 4) is 11.1 Å². The first kappa shape index (κ1) is 24.3. The molecule has 0 unspecified atom stereocenters. The van der Waals surface area contributed by atoms with Gasteiger partial charge in [-0.15, -0.1) is 0 Å². The van der Waals surface area contributed by atoms with Gasteiger partial charge >= 0.3 is 0 Å². The van der Waals surface area contributed by atoms with E-state index in [1.807, 2.05) is 17.0 Å². The summed E-state index contributed by atoms with van der Waals surface area (Å²) in [5, 5.41) is 9.38. The van der Waals surface area contributed by atoms with Crippen molar-refractivity contribution in [3.63, 3.8) is 0 Å². The molecule has 0 atom stereocenters. The number of hydrogen-bond donors (Lipinski definition) is 2. The zero-order valence-electron chi connectivity index (χ0n) is 19.4. The van der Waals surface area contributed by atoms with Gasteiger partial charge in [0.2, 0.25) is 10.0 Å². The van der Waals surface area contributed by atoms with E-state index in [-0.39, 0.29) is 10.3 Å². The van der Waals surface area contributed by atoms with Crippen molar-refractivity contribution in [1.82, 2.24) is 14.8 Å². The van der Waals surface area contributed by atoms with Gasteiger partial charge < -0.3 is 4.90 Å². The van der Waals surface area contributed by atoms with Crippen LogP contribution < -0.4 is 10.4 Å². The Labute approximate surface area is 203 Å². The van der Waals surface area contributed by atoms with Gasteiger partial charge in [0.25, 0.3) is 5.91 Å². The number of sulfonamides is 1. The highest BCUT2D eigenvalue weighted by atomic mass is 32.2. The molecule has 8 nitrogen and oxygen atoms in total. The molecule has 1 aliphatic heterocycles. The number of nitrogens with zero attached hydrogens (tertiary/aromatic N) is 3. The van der Waals surface area contributed by atoms with Gasteiger partial charge in [-0.05, 0) is 34.2 Å². The van der Waals surface area contributed by atoms with E-state index in [0.717, 1.165) is 22.5 Å². The first-order valence-corrected chi connectivity index (χ1v) is 13.2. The molecule has 1 fully saturated rings. The topological polar surface area (TPSA) is 103 Å². The van der Waals surface area contributed by atoms with Crippen LogP contribution in [0.25, 0.3) is 11.1 Å². The van der Waals surface area contributed by atoms with Crippen LogP contribution in [0.1, 0.15) is 36.0 Å². The summed E-state index contributed by atoms with van der Waals surface area (Å²) in [7, 11) is -3.61. The molecule has 3 aromatic rings. The van der Waals surface area contributed by atoms with Gasteiger partial charge in [0, 0.05) is 26.2 Å². The van der Waals surface area contributed by atoms with Gasteiger partial charge in [-0.25, -0.2) is 18.9 Å². The third-order valence-corrected chi connectivity index (χ3v) is 8.87. The summed E-state index contributed by atoms with van der Waals surface area (Å²) in [6, 6.07) is 15.4. The molecule has 2 heterocycles. The molecule has 0 spiro atoms. The largest absolute Gasteiger partial charge is 0.345 e. The number of carbonyl (C=O) groups is 1. The summed E-state index contributed by atoms with van der Waals surface area (Å²) in [6.07, 6.45) is 1.40. The lowest BCUT2D eigenvalue weighted by molar-refractivity contribution is 0.0710. The van der Waals surface area contributed by atoms with Gasteiger partial charge in [-0.1, -0.05) is 68.5 Å². The Morgan fingerprint density at radius 3 is 2.06 bits per heavy atom. The number of carbonyl (C=O) groups excluding carboxylic acids is 1. The second kappa shape index (κ2) is 9.46. The minimum Gasteiger partial charge on any atom is -0.345 e. The lowest BCUT2D eigenvalue weighted by atomic mass is 9.86. The van der Waals surface area contributed by atoms with Crippen LogP contribution in [-0.4, -0.2) is 55.0 Å². The maximum Gasteiger partial charge on any atom is 0.286 e. The lowest BCUT2D eigenvalue weighted by Gasteiger charge is -2.33. The molecule has 4 rings (SSSR count). The molecule has 1 aromatic heterocycles. The first-order valence-electron chi connectivity index (χ1n) is 11.0. The van der Waals surface area contributed by atoms with Crippen molar-refractivity contribution in [1.29, 1.82) is 0 Å². The molecule has 0 radical (unpaired) electrons. The number of piperazine rings is 1. The molecule has 2 N–H and O–H groups in total. The van der Waals surface area contributed by atoms with Crippen LogP contribution in [0.3, 0.4) is 0 Å². The predicted molar refractivity (Wildman–Crippen MR) is 133 cm³/mol. The standard InChI is InChI=1S/C24H28N4O4S2/c1-24(2,3)19-8-4-17(5-9-19)18-6-10-20(11-7-18)34(31,32)28-14-12-27(13-15-28)23-25-16-21(33-23)22(29)26-30/h4-11,16,30H,12-15H2,1-3H3,(H,26,29). The third-order valence-electron chi connectivity index (χ3n) is 5.90. The Hall–Kier alpha value is -2.79. The van der Waals surface area contributed by atoms with Crippen LogP contribution in [0.2, 0.25) is 0 Å². The second-order valence-electron chi connectivity index (χ2n) is 9.19. The van der Waals surface area contributed by atoms with Crippen LogP contribution in [0.15, 0.2) is 59.6 Å². The van der Waals surface area contributed by atoms with Crippen LogP contribution in [-0.2, 0) is 15.4 Å². The Morgan fingerprint density at radius 2 is 1.53 bits per heavy atom. The monoisotopic (exact) mass is 500 g/mol. The number of thiazole rings is 1. The Balaban J connectivity index is 1.42. The molecule has 1 aliphatic rings. The third kappa shape index (κ3) is 5.00. The number of benzene rings is 2. The number of hydrogen-bond acceptors (Lipinski definition) is 7. The SMILES string of the molecule is CC(C)(C)c1ccc(-c2ccc(S(=O)(=O)N3CCN(c4ncc(C(=O)NO)s4)CC3)cc2)cc1. The summed E-state index contributed by atoms with van der Waals surface area (Å²) >= 11 is 1.15. The minimum atomic E-state index is -3.61. The van der Waals surface area contributed by atoms with Gasteiger partial charge in [-0.3, -0.25) is 10.0 Å². The van der Waals surface area contributed by atoms with E-state index in [0.29, 0.717) is 36.2 Å². The Kier molecular flexibility index (Phi) is 6.77. The Morgan fingerprint density at radius 1 is 0.971 bits per heavy atom. The average molecular weight is 501 g/mol. The van der Waals surface area contributed by atoms with Crippen molar-refractivity contribution in [3.05, 3.63) is 65.2 Å². The maximum atomic E-state index is 13.2. The van der Waals surface area contributed by atoms with E-state index >= 15 is 0 Å². The molecule has 10 heteroatoms. The molecule has 0 saturated carbocycles. The fourth-order valence-electron chi connectivity index (χ4n) is 3.82. The Bertz CT molecular complexity index is 1260. The van der Waals surface area contributed by atoms with E-state index in [2.05, 4.69) is 50.0 Å². The number of nitrogens with one attached hydrogen (secondary N) is 1. The second-order valence-corrected chi connectivity index (χ2v) is 12.1. The van der Waals surface area contributed by atoms with Crippen LogP contribution in [0, 0.1) is 0 Å². The quantitative estimate of drug-likeness (QED) is 0.409. The molecule has 0 aliphatic carbocycles. The first-order chi connectivity index (χ1) is 16.1. The van der Waals surface area contributed by atoms with Gasteiger partial charge in [0.1, 0.15) is 4.88 Å². The molecular weight excluding hydrogens is 472 g/mol. The number of anilines is 1. The predicted octanol–water partition coefficient (Wildman–Crippen LogP) is 3.74. The highest BCUT2D eigenvalue weighted by Gasteiger charge is 2.29. The van der Waals surface area contributed by atoms with E-state index < -0.39 is 15.9 Å². The molecule has 1 saturated heterocycles. The number of hydroxylamine groups is 1. The highest BCUT2D eigenvalue weighted by molar-refractivity contribution is 7.89. The van der Waals surface area contributed by atoms with Crippen LogP contribution >= 0.6 is 11.3 Å². The van der Waals surface area contributed by atoms with Crippen LogP contribution in [0.5, 0.6) is 0 Å².